The van der Waals surface area contributed by atoms with Gasteiger partial charge in [0, 0.05) is 9.74 Å². The minimum Gasteiger partial charge on any atom is -0.463 e. The molecule has 2 rings (SSSR count). The number of aliphatic hydroxyl groups is 2. The summed E-state index contributed by atoms with van der Waals surface area (Å²) in [5, 5.41) is 21.1. The van der Waals surface area contributed by atoms with E-state index in [2.05, 4.69) is 26.0 Å². The van der Waals surface area contributed by atoms with E-state index in [0.29, 0.717) is 12.8 Å². The molecular weight excluding hydrogens is 619 g/mol. The number of hydrogen-bond donors (Lipinski definition) is 2. The SMILES string of the molecule is CC(C)(CC(Br)c1ccccc1)C(=O)OCCO.CC(C)(CC(N=[N+]=[N-])c1ccccc1)C(=O)OCCO.[N-]=[N+]=[N-].[Na+]. The Morgan fingerprint density at radius 1 is 0.810 bits per heavy atom. The molecule has 224 valence electrons. The maximum Gasteiger partial charge on any atom is 1.00 e. The Bertz CT molecular complexity index is 1130. The smallest absolute Gasteiger partial charge is 0.463 e. The molecule has 0 aromatic heterocycles. The van der Waals surface area contributed by atoms with E-state index in [1.807, 2.05) is 74.5 Å². The fourth-order valence-electron chi connectivity index (χ4n) is 3.51. The molecule has 0 spiro atoms. The maximum atomic E-state index is 11.9. The Labute approximate surface area is 277 Å². The fraction of sp³-hybridized carbons (Fsp3) is 0.500. The molecular formula is C28H38BrN6NaO6. The summed E-state index contributed by atoms with van der Waals surface area (Å²) in [7, 11) is 0. The van der Waals surface area contributed by atoms with Crippen LogP contribution in [0.25, 0.3) is 26.4 Å². The van der Waals surface area contributed by atoms with Gasteiger partial charge in [0.15, 0.2) is 0 Å². The third kappa shape index (κ3) is 16.7. The van der Waals surface area contributed by atoms with Gasteiger partial charge in [-0.1, -0.05) is 81.7 Å². The third-order valence-electron chi connectivity index (χ3n) is 5.68. The van der Waals surface area contributed by atoms with Gasteiger partial charge in [0.2, 0.25) is 0 Å². The molecule has 2 N–H and O–H groups in total. The number of carbonyl (C=O) groups excluding carboxylic acids is 2. The molecule has 0 fully saturated rings. The normalized spacial score (nSPS) is 11.7. The molecule has 0 saturated carbocycles. The number of halogens is 1. The van der Waals surface area contributed by atoms with Crippen LogP contribution in [0.4, 0.5) is 0 Å². The molecule has 0 aliphatic carbocycles. The van der Waals surface area contributed by atoms with Crippen molar-refractivity contribution < 1.29 is 58.8 Å². The molecule has 14 heteroatoms. The van der Waals surface area contributed by atoms with Crippen LogP contribution < -0.4 is 29.6 Å². The number of carbonyl (C=O) groups is 2. The monoisotopic (exact) mass is 656 g/mol. The Balaban J connectivity index is 0. The molecule has 0 aliphatic heterocycles. The largest absolute Gasteiger partial charge is 1.00 e. The van der Waals surface area contributed by atoms with E-state index < -0.39 is 22.8 Å². The molecule has 0 saturated heterocycles. The summed E-state index contributed by atoms with van der Waals surface area (Å²) < 4.78 is 9.93. The summed E-state index contributed by atoms with van der Waals surface area (Å²) in [5.41, 5.74) is 22.8. The second kappa shape index (κ2) is 22.9. The van der Waals surface area contributed by atoms with E-state index in [1.54, 1.807) is 13.8 Å². The van der Waals surface area contributed by atoms with Gasteiger partial charge in [-0.3, -0.25) is 14.5 Å². The van der Waals surface area contributed by atoms with Crippen LogP contribution in [-0.4, -0.2) is 48.6 Å². The number of ether oxygens (including phenoxy) is 2. The fourth-order valence-corrected chi connectivity index (χ4v) is 4.62. The molecule has 0 radical (unpaired) electrons. The summed E-state index contributed by atoms with van der Waals surface area (Å²) >= 11 is 3.60. The van der Waals surface area contributed by atoms with Crippen molar-refractivity contribution in [2.75, 3.05) is 26.4 Å². The Morgan fingerprint density at radius 2 is 1.19 bits per heavy atom. The van der Waals surface area contributed by atoms with Crippen molar-refractivity contribution in [1.82, 2.24) is 0 Å². The quantitative estimate of drug-likeness (QED) is 0.0816. The second-order valence-corrected chi connectivity index (χ2v) is 11.1. The topological polar surface area (TPSA) is 201 Å². The molecule has 2 aromatic carbocycles. The summed E-state index contributed by atoms with van der Waals surface area (Å²) in [5.74, 6) is -0.697. The number of benzene rings is 2. The third-order valence-corrected chi connectivity index (χ3v) is 6.54. The van der Waals surface area contributed by atoms with Gasteiger partial charge < -0.3 is 30.7 Å². The van der Waals surface area contributed by atoms with Crippen molar-refractivity contribution >= 4 is 27.9 Å². The van der Waals surface area contributed by atoms with Gasteiger partial charge in [-0.15, -0.1) is 0 Å². The van der Waals surface area contributed by atoms with Crippen LogP contribution in [0.3, 0.4) is 0 Å². The van der Waals surface area contributed by atoms with E-state index in [4.69, 9.17) is 36.3 Å². The van der Waals surface area contributed by atoms with Gasteiger partial charge in [0.25, 0.3) is 0 Å². The summed E-state index contributed by atoms with van der Waals surface area (Å²) in [4.78, 5) is 28.2. The molecule has 0 heterocycles. The molecule has 0 aliphatic rings. The zero-order chi connectivity index (χ0) is 31.3. The Kier molecular flexibility index (Phi) is 22.7. The number of aliphatic hydroxyl groups excluding tert-OH is 2. The first-order valence-electron chi connectivity index (χ1n) is 12.7. The van der Waals surface area contributed by atoms with Crippen LogP contribution in [0, 0.1) is 10.8 Å². The maximum absolute atomic E-state index is 11.9. The number of azide groups is 1. The Hall–Kier alpha value is -2.60. The van der Waals surface area contributed by atoms with Crippen LogP contribution in [0.1, 0.15) is 62.5 Å². The second-order valence-electron chi connectivity index (χ2n) is 9.99. The van der Waals surface area contributed by atoms with E-state index in [1.165, 1.54) is 4.91 Å². The van der Waals surface area contributed by atoms with Crippen LogP contribution in [-0.2, 0) is 19.1 Å². The van der Waals surface area contributed by atoms with Gasteiger partial charge in [-0.05, 0) is 57.2 Å². The molecule has 2 aromatic rings. The predicted octanol–water partition coefficient (Wildman–Crippen LogP) is 3.93. The minimum absolute atomic E-state index is 0. The van der Waals surface area contributed by atoms with Crippen molar-refractivity contribution in [3.8, 4) is 0 Å². The molecule has 42 heavy (non-hydrogen) atoms. The van der Waals surface area contributed by atoms with Gasteiger partial charge in [0.1, 0.15) is 13.2 Å². The minimum atomic E-state index is -0.802. The number of hydrogen-bond acceptors (Lipinski definition) is 7. The van der Waals surface area contributed by atoms with Crippen LogP contribution in [0.2, 0.25) is 0 Å². The number of esters is 2. The van der Waals surface area contributed by atoms with E-state index in [-0.39, 0.29) is 66.8 Å². The summed E-state index contributed by atoms with van der Waals surface area (Å²) in [6, 6.07) is 18.8. The number of nitrogens with zero attached hydrogens (tertiary/aromatic N) is 6. The van der Waals surface area contributed by atoms with E-state index >= 15 is 0 Å². The van der Waals surface area contributed by atoms with Gasteiger partial charge in [-0.2, -0.15) is 0 Å². The van der Waals surface area contributed by atoms with Crippen LogP contribution >= 0.6 is 15.9 Å². The molecule has 0 amide bonds. The van der Waals surface area contributed by atoms with Crippen LogP contribution in [0.5, 0.6) is 0 Å². The van der Waals surface area contributed by atoms with Gasteiger partial charge in [0.05, 0.1) is 30.1 Å². The standard InChI is InChI=1S/C14H19BrO3.C14H19N3O3.N3.Na/c1-14(2,13(17)18-9-8-16)10-12(15)11-6-4-3-5-7-11;1-14(2,13(19)20-9-8-18)10-12(16-17-15)11-6-4-3-5-7-11;1-3-2;/h3-7,12,16H,8-10H2,1-2H3;3-7,12,18H,8-10H2,1-2H3;;/q;;-1;+1. The van der Waals surface area contributed by atoms with Crippen LogP contribution in [0.15, 0.2) is 65.8 Å². The summed E-state index contributed by atoms with van der Waals surface area (Å²) in [6.45, 7) is 6.85. The summed E-state index contributed by atoms with van der Waals surface area (Å²) in [6.07, 6.45) is 0.979. The predicted molar refractivity (Wildman–Crippen MR) is 159 cm³/mol. The van der Waals surface area contributed by atoms with Crippen molar-refractivity contribution in [3.05, 3.63) is 98.2 Å². The molecule has 0 bridgehead atoms. The first-order valence-corrected chi connectivity index (χ1v) is 13.6. The van der Waals surface area contributed by atoms with E-state index in [9.17, 15) is 9.59 Å². The van der Waals surface area contributed by atoms with Crippen molar-refractivity contribution in [3.63, 3.8) is 0 Å². The van der Waals surface area contributed by atoms with Gasteiger partial charge >= 0.3 is 41.5 Å². The van der Waals surface area contributed by atoms with Crippen molar-refractivity contribution in [2.24, 2.45) is 15.9 Å². The first-order chi connectivity index (χ1) is 19.4. The van der Waals surface area contributed by atoms with E-state index in [0.717, 1.165) is 11.1 Å². The average Bonchev–Trinajstić information content (AvgIpc) is 2.95. The zero-order valence-corrected chi connectivity index (χ0v) is 28.3. The molecule has 2 unspecified atom stereocenters. The molecule has 2 atom stereocenters. The van der Waals surface area contributed by atoms with Crippen molar-refractivity contribution in [1.29, 1.82) is 0 Å². The number of alkyl halides is 1. The average molecular weight is 658 g/mol. The zero-order valence-electron chi connectivity index (χ0n) is 24.8. The Morgan fingerprint density at radius 3 is 1.57 bits per heavy atom. The number of rotatable bonds is 13. The van der Waals surface area contributed by atoms with Crippen molar-refractivity contribution in [2.45, 2.75) is 51.4 Å². The first kappa shape index (κ1) is 41.5. The molecule has 12 nitrogen and oxygen atoms in total. The van der Waals surface area contributed by atoms with Gasteiger partial charge in [-0.25, -0.2) is 0 Å².